The number of hydrogen-bond acceptors (Lipinski definition) is 5. The van der Waals surface area contributed by atoms with E-state index in [2.05, 4.69) is 5.32 Å². The fourth-order valence-electron chi connectivity index (χ4n) is 2.00. The Bertz CT molecular complexity index is 512. The van der Waals surface area contributed by atoms with Gasteiger partial charge in [0.25, 0.3) is 11.6 Å². The number of amides is 1. The molecule has 1 saturated heterocycles. The van der Waals surface area contributed by atoms with E-state index in [0.29, 0.717) is 18.8 Å². The minimum atomic E-state index is -0.482. The topological polar surface area (TPSA) is 84.7 Å². The number of carbonyl (C=O) groups is 1. The number of non-ortho nitro benzene ring substituents is 1. The van der Waals surface area contributed by atoms with Crippen molar-refractivity contribution in [2.45, 2.75) is 6.92 Å². The van der Waals surface area contributed by atoms with Crippen LogP contribution in [0.3, 0.4) is 0 Å². The van der Waals surface area contributed by atoms with Gasteiger partial charge in [0.1, 0.15) is 5.75 Å². The minimum absolute atomic E-state index is 0.0415. The second kappa shape index (κ2) is 6.33. The van der Waals surface area contributed by atoms with Crippen LogP contribution in [0.5, 0.6) is 5.75 Å². The second-order valence-electron chi connectivity index (χ2n) is 4.63. The summed E-state index contributed by atoms with van der Waals surface area (Å²) in [6, 6.07) is 4.38. The zero-order valence-corrected chi connectivity index (χ0v) is 11.3. The van der Waals surface area contributed by atoms with E-state index in [1.807, 2.05) is 0 Å². The molecule has 1 aliphatic heterocycles. The average molecular weight is 279 g/mol. The van der Waals surface area contributed by atoms with Crippen molar-refractivity contribution >= 4 is 11.6 Å². The lowest BCUT2D eigenvalue weighted by Crippen LogP contribution is -2.47. The van der Waals surface area contributed by atoms with Crippen LogP contribution in [0.4, 0.5) is 5.69 Å². The number of benzene rings is 1. The molecule has 1 heterocycles. The Hall–Kier alpha value is -2.15. The molecule has 0 saturated carbocycles. The summed E-state index contributed by atoms with van der Waals surface area (Å²) in [4.78, 5) is 23.9. The summed E-state index contributed by atoms with van der Waals surface area (Å²) in [6.45, 7) is 4.58. The Morgan fingerprint density at radius 1 is 1.45 bits per heavy atom. The van der Waals surface area contributed by atoms with Crippen LogP contribution in [-0.2, 0) is 4.79 Å². The fourth-order valence-corrected chi connectivity index (χ4v) is 2.00. The van der Waals surface area contributed by atoms with Gasteiger partial charge in [0, 0.05) is 32.2 Å². The van der Waals surface area contributed by atoms with E-state index < -0.39 is 4.92 Å². The zero-order valence-electron chi connectivity index (χ0n) is 11.3. The Morgan fingerprint density at radius 2 is 2.15 bits per heavy atom. The molecule has 108 valence electrons. The van der Waals surface area contributed by atoms with E-state index >= 15 is 0 Å². The first-order valence-corrected chi connectivity index (χ1v) is 6.44. The molecular weight excluding hydrogens is 262 g/mol. The van der Waals surface area contributed by atoms with Crippen molar-refractivity contribution in [3.8, 4) is 5.75 Å². The van der Waals surface area contributed by atoms with Gasteiger partial charge in [-0.1, -0.05) is 0 Å². The van der Waals surface area contributed by atoms with Gasteiger partial charge in [-0.2, -0.15) is 0 Å². The van der Waals surface area contributed by atoms with E-state index in [4.69, 9.17) is 4.74 Å². The highest BCUT2D eigenvalue weighted by Gasteiger charge is 2.17. The summed E-state index contributed by atoms with van der Waals surface area (Å²) in [7, 11) is 0. The molecule has 0 aromatic heterocycles. The maximum Gasteiger partial charge on any atom is 0.273 e. The highest BCUT2D eigenvalue weighted by Crippen LogP contribution is 2.24. The second-order valence-corrected chi connectivity index (χ2v) is 4.63. The fraction of sp³-hybridized carbons (Fsp3) is 0.462. The summed E-state index contributed by atoms with van der Waals surface area (Å²) < 4.78 is 5.43. The Labute approximate surface area is 116 Å². The smallest absolute Gasteiger partial charge is 0.273 e. The molecule has 0 spiro atoms. The Kier molecular flexibility index (Phi) is 4.52. The number of hydrogen-bond donors (Lipinski definition) is 1. The Balaban J connectivity index is 1.97. The van der Waals surface area contributed by atoms with E-state index in [0.717, 1.165) is 18.7 Å². The predicted octanol–water partition coefficient (Wildman–Crippen LogP) is 0.714. The maximum absolute atomic E-state index is 11.9. The summed E-state index contributed by atoms with van der Waals surface area (Å²) >= 11 is 0. The van der Waals surface area contributed by atoms with Gasteiger partial charge in [0.05, 0.1) is 11.0 Å². The Morgan fingerprint density at radius 3 is 2.80 bits per heavy atom. The number of nitrogens with zero attached hydrogens (tertiary/aromatic N) is 2. The number of nitro benzene ring substituents is 1. The third kappa shape index (κ3) is 3.45. The first kappa shape index (κ1) is 14.3. The summed E-state index contributed by atoms with van der Waals surface area (Å²) in [6.07, 6.45) is 0. The van der Waals surface area contributed by atoms with Gasteiger partial charge in [0.15, 0.2) is 6.61 Å². The van der Waals surface area contributed by atoms with E-state index in [9.17, 15) is 14.9 Å². The molecule has 1 N–H and O–H groups in total. The molecule has 1 aromatic rings. The molecule has 0 atom stereocenters. The van der Waals surface area contributed by atoms with Crippen LogP contribution < -0.4 is 10.1 Å². The van der Waals surface area contributed by atoms with Gasteiger partial charge in [-0.3, -0.25) is 14.9 Å². The van der Waals surface area contributed by atoms with Crippen molar-refractivity contribution in [3.63, 3.8) is 0 Å². The van der Waals surface area contributed by atoms with Gasteiger partial charge < -0.3 is 15.0 Å². The van der Waals surface area contributed by atoms with Crippen molar-refractivity contribution in [1.82, 2.24) is 10.2 Å². The summed E-state index contributed by atoms with van der Waals surface area (Å²) in [5.41, 5.74) is 0.726. The van der Waals surface area contributed by atoms with Crippen LogP contribution in [0.2, 0.25) is 0 Å². The van der Waals surface area contributed by atoms with Crippen molar-refractivity contribution in [1.29, 1.82) is 0 Å². The first-order chi connectivity index (χ1) is 9.58. The van der Waals surface area contributed by atoms with E-state index in [1.165, 1.54) is 12.1 Å². The standard InChI is InChI=1S/C13H17N3O4/c1-10-2-3-11(16(18)19)8-12(10)20-9-13(17)15-6-4-14-5-7-15/h2-3,8,14H,4-7,9H2,1H3. The van der Waals surface area contributed by atoms with Crippen LogP contribution in [0.25, 0.3) is 0 Å². The normalized spacial score (nSPS) is 14.9. The first-order valence-electron chi connectivity index (χ1n) is 6.44. The predicted molar refractivity (Wildman–Crippen MR) is 72.8 cm³/mol. The highest BCUT2D eigenvalue weighted by molar-refractivity contribution is 5.78. The van der Waals surface area contributed by atoms with Gasteiger partial charge >= 0.3 is 0 Å². The van der Waals surface area contributed by atoms with Crippen molar-refractivity contribution in [2.24, 2.45) is 0 Å². The largest absolute Gasteiger partial charge is 0.483 e. The van der Waals surface area contributed by atoms with Crippen molar-refractivity contribution in [3.05, 3.63) is 33.9 Å². The molecule has 7 heteroatoms. The molecule has 1 aromatic carbocycles. The number of rotatable bonds is 4. The van der Waals surface area contributed by atoms with Gasteiger partial charge in [-0.25, -0.2) is 0 Å². The van der Waals surface area contributed by atoms with Crippen molar-refractivity contribution < 1.29 is 14.5 Å². The molecular formula is C13H17N3O4. The van der Waals surface area contributed by atoms with Crippen LogP contribution >= 0.6 is 0 Å². The van der Waals surface area contributed by atoms with Gasteiger partial charge in [-0.15, -0.1) is 0 Å². The van der Waals surface area contributed by atoms with Gasteiger partial charge in [-0.05, 0) is 18.6 Å². The highest BCUT2D eigenvalue weighted by atomic mass is 16.6. The van der Waals surface area contributed by atoms with Gasteiger partial charge in [0.2, 0.25) is 0 Å². The monoisotopic (exact) mass is 279 g/mol. The molecule has 20 heavy (non-hydrogen) atoms. The lowest BCUT2D eigenvalue weighted by atomic mass is 10.2. The SMILES string of the molecule is Cc1ccc([N+](=O)[O-])cc1OCC(=O)N1CCNCC1. The van der Waals surface area contributed by atoms with Crippen LogP contribution in [-0.4, -0.2) is 48.5 Å². The molecule has 0 aliphatic carbocycles. The quantitative estimate of drug-likeness (QED) is 0.648. The number of ether oxygens (including phenoxy) is 1. The summed E-state index contributed by atoms with van der Waals surface area (Å²) in [5.74, 6) is 0.278. The molecule has 7 nitrogen and oxygen atoms in total. The molecule has 0 bridgehead atoms. The number of nitrogens with one attached hydrogen (secondary N) is 1. The molecule has 0 unspecified atom stereocenters. The molecule has 1 amide bonds. The van der Waals surface area contributed by atoms with Crippen LogP contribution in [0, 0.1) is 17.0 Å². The maximum atomic E-state index is 11.9. The molecule has 1 aliphatic rings. The van der Waals surface area contributed by atoms with Crippen LogP contribution in [0.1, 0.15) is 5.56 Å². The summed E-state index contributed by atoms with van der Waals surface area (Å²) in [5, 5.41) is 13.9. The lowest BCUT2D eigenvalue weighted by Gasteiger charge is -2.27. The number of piperazine rings is 1. The molecule has 2 rings (SSSR count). The molecule has 1 fully saturated rings. The van der Waals surface area contributed by atoms with Crippen molar-refractivity contribution in [2.75, 3.05) is 32.8 Å². The lowest BCUT2D eigenvalue weighted by molar-refractivity contribution is -0.384. The zero-order chi connectivity index (χ0) is 14.5. The number of nitro groups is 1. The minimum Gasteiger partial charge on any atom is -0.483 e. The third-order valence-corrected chi connectivity index (χ3v) is 3.20. The number of carbonyl (C=O) groups excluding carboxylic acids is 1. The van der Waals surface area contributed by atoms with Crippen LogP contribution in [0.15, 0.2) is 18.2 Å². The third-order valence-electron chi connectivity index (χ3n) is 3.20. The van der Waals surface area contributed by atoms with E-state index in [1.54, 1.807) is 17.9 Å². The molecule has 0 radical (unpaired) electrons. The number of aryl methyl sites for hydroxylation is 1. The average Bonchev–Trinajstić information content (AvgIpc) is 2.46. The van der Waals surface area contributed by atoms with E-state index in [-0.39, 0.29) is 18.2 Å².